The summed E-state index contributed by atoms with van der Waals surface area (Å²) in [5, 5.41) is 5.45. The highest BCUT2D eigenvalue weighted by Crippen LogP contribution is 2.37. The first-order chi connectivity index (χ1) is 9.38. The van der Waals surface area contributed by atoms with E-state index in [1.165, 1.54) is 6.42 Å². The quantitative estimate of drug-likeness (QED) is 0.918. The van der Waals surface area contributed by atoms with Gasteiger partial charge in [0.05, 0.1) is 16.4 Å². The summed E-state index contributed by atoms with van der Waals surface area (Å²) in [4.78, 5) is 0. The van der Waals surface area contributed by atoms with Gasteiger partial charge in [-0.3, -0.25) is 4.68 Å². The molecule has 0 aromatic carbocycles. The van der Waals surface area contributed by atoms with Crippen molar-refractivity contribution < 1.29 is 0 Å². The monoisotopic (exact) mass is 297 g/mol. The lowest BCUT2D eigenvalue weighted by molar-refractivity contribution is 0.180. The maximum atomic E-state index is 6.72. The predicted octanol–water partition coefficient (Wildman–Crippen LogP) is 3.81. The zero-order valence-electron chi connectivity index (χ0n) is 13.2. The minimum Gasteiger partial charge on any atom is -0.325 e. The molecule has 0 saturated heterocycles. The summed E-state index contributed by atoms with van der Waals surface area (Å²) >= 11 is 6.52. The zero-order valence-corrected chi connectivity index (χ0v) is 14.0. The summed E-state index contributed by atoms with van der Waals surface area (Å²) in [6.07, 6.45) is 5.19. The number of nitrogens with zero attached hydrogens (tertiary/aromatic N) is 2. The third kappa shape index (κ3) is 3.20. The molecule has 2 rings (SSSR count). The Bertz CT molecular complexity index is 457. The number of hydrogen-bond donors (Lipinski definition) is 1. The second kappa shape index (κ2) is 6.07. The molecular formula is C16H28ClN3. The summed E-state index contributed by atoms with van der Waals surface area (Å²) in [6.45, 7) is 9.69. The standard InChI is InChI=1S/C16H28ClN3/c1-5-13-15(17)14(20(6-2)19-13)10-16(18)8-11(3)7-12(4)9-16/h11-12H,5-10,18H2,1-4H3. The summed E-state index contributed by atoms with van der Waals surface area (Å²) in [5.74, 6) is 1.40. The Morgan fingerprint density at radius 3 is 2.40 bits per heavy atom. The second-order valence-electron chi connectivity index (χ2n) is 6.77. The third-order valence-electron chi connectivity index (χ3n) is 4.53. The lowest BCUT2D eigenvalue weighted by Crippen LogP contribution is -2.48. The minimum atomic E-state index is -0.126. The lowest BCUT2D eigenvalue weighted by Gasteiger charge is -2.40. The molecule has 1 aliphatic carbocycles. The average Bonchev–Trinajstić information content (AvgIpc) is 2.64. The van der Waals surface area contributed by atoms with E-state index in [9.17, 15) is 0 Å². The number of nitrogens with two attached hydrogens (primary N) is 1. The molecule has 1 saturated carbocycles. The zero-order chi connectivity index (χ0) is 14.9. The summed E-state index contributed by atoms with van der Waals surface area (Å²) in [5.41, 5.74) is 8.73. The molecule has 1 fully saturated rings. The molecule has 1 aromatic heterocycles. The van der Waals surface area contributed by atoms with Crippen LogP contribution in [0.1, 0.15) is 58.3 Å². The van der Waals surface area contributed by atoms with Gasteiger partial charge in [-0.1, -0.05) is 32.4 Å². The Morgan fingerprint density at radius 1 is 1.30 bits per heavy atom. The minimum absolute atomic E-state index is 0.126. The van der Waals surface area contributed by atoms with Gasteiger partial charge in [0.1, 0.15) is 0 Å². The maximum absolute atomic E-state index is 6.72. The van der Waals surface area contributed by atoms with E-state index >= 15 is 0 Å². The first-order valence-corrected chi connectivity index (χ1v) is 8.29. The van der Waals surface area contributed by atoms with E-state index in [0.717, 1.165) is 48.6 Å². The molecule has 1 aliphatic rings. The van der Waals surface area contributed by atoms with Crippen molar-refractivity contribution >= 4 is 11.6 Å². The molecule has 2 unspecified atom stereocenters. The van der Waals surface area contributed by atoms with Crippen LogP contribution in [0.5, 0.6) is 0 Å². The smallest absolute Gasteiger partial charge is 0.0850 e. The topological polar surface area (TPSA) is 43.8 Å². The van der Waals surface area contributed by atoms with Crippen LogP contribution in [-0.4, -0.2) is 15.3 Å². The number of halogens is 1. The van der Waals surface area contributed by atoms with Gasteiger partial charge in [0.15, 0.2) is 0 Å². The second-order valence-corrected chi connectivity index (χ2v) is 7.15. The number of hydrogen-bond acceptors (Lipinski definition) is 2. The summed E-state index contributed by atoms with van der Waals surface area (Å²) in [7, 11) is 0. The van der Waals surface area contributed by atoms with Crippen molar-refractivity contribution in [1.82, 2.24) is 9.78 Å². The van der Waals surface area contributed by atoms with Crippen molar-refractivity contribution in [2.75, 3.05) is 0 Å². The van der Waals surface area contributed by atoms with Gasteiger partial charge in [-0.2, -0.15) is 5.10 Å². The molecule has 1 aromatic rings. The molecule has 2 atom stereocenters. The Labute approximate surface area is 127 Å². The molecule has 114 valence electrons. The Morgan fingerprint density at radius 2 is 1.90 bits per heavy atom. The first kappa shape index (κ1) is 15.8. The highest BCUT2D eigenvalue weighted by Gasteiger charge is 2.36. The van der Waals surface area contributed by atoms with Crippen molar-refractivity contribution in [3.8, 4) is 0 Å². The molecule has 3 nitrogen and oxygen atoms in total. The normalized spacial score (nSPS) is 30.7. The lowest BCUT2D eigenvalue weighted by atomic mass is 9.70. The fourth-order valence-corrected chi connectivity index (χ4v) is 4.32. The number of aryl methyl sites for hydroxylation is 2. The fraction of sp³-hybridized carbons (Fsp3) is 0.812. The van der Waals surface area contributed by atoms with Gasteiger partial charge >= 0.3 is 0 Å². The van der Waals surface area contributed by atoms with Crippen LogP contribution < -0.4 is 5.73 Å². The predicted molar refractivity (Wildman–Crippen MR) is 85.1 cm³/mol. The van der Waals surface area contributed by atoms with Crippen LogP contribution in [0, 0.1) is 11.8 Å². The van der Waals surface area contributed by atoms with Gasteiger partial charge in [0.25, 0.3) is 0 Å². The van der Waals surface area contributed by atoms with E-state index in [4.69, 9.17) is 17.3 Å². The summed E-state index contributed by atoms with van der Waals surface area (Å²) < 4.78 is 2.04. The van der Waals surface area contributed by atoms with Crippen LogP contribution in [-0.2, 0) is 19.4 Å². The Hall–Kier alpha value is -0.540. The van der Waals surface area contributed by atoms with Crippen molar-refractivity contribution in [3.05, 3.63) is 16.4 Å². The van der Waals surface area contributed by atoms with Gasteiger partial charge in [0, 0.05) is 18.5 Å². The van der Waals surface area contributed by atoms with Gasteiger partial charge in [-0.25, -0.2) is 0 Å². The SMILES string of the molecule is CCc1nn(CC)c(CC2(N)CC(C)CC(C)C2)c1Cl. The van der Waals surface area contributed by atoms with E-state index in [2.05, 4.69) is 32.8 Å². The van der Waals surface area contributed by atoms with Crippen molar-refractivity contribution in [2.24, 2.45) is 17.6 Å². The van der Waals surface area contributed by atoms with Crippen LogP contribution in [0.2, 0.25) is 5.02 Å². The first-order valence-electron chi connectivity index (χ1n) is 7.91. The highest BCUT2D eigenvalue weighted by atomic mass is 35.5. The van der Waals surface area contributed by atoms with Crippen LogP contribution in [0.3, 0.4) is 0 Å². The van der Waals surface area contributed by atoms with E-state index in [-0.39, 0.29) is 5.54 Å². The van der Waals surface area contributed by atoms with E-state index in [1.807, 2.05) is 4.68 Å². The average molecular weight is 298 g/mol. The van der Waals surface area contributed by atoms with Crippen LogP contribution >= 0.6 is 11.6 Å². The molecule has 0 spiro atoms. The largest absolute Gasteiger partial charge is 0.325 e. The van der Waals surface area contributed by atoms with Crippen LogP contribution in [0.25, 0.3) is 0 Å². The number of rotatable bonds is 4. The maximum Gasteiger partial charge on any atom is 0.0850 e. The van der Waals surface area contributed by atoms with Gasteiger partial charge in [-0.15, -0.1) is 0 Å². The van der Waals surface area contributed by atoms with Crippen molar-refractivity contribution in [2.45, 2.75) is 71.9 Å². The summed E-state index contributed by atoms with van der Waals surface area (Å²) in [6, 6.07) is 0. The molecule has 20 heavy (non-hydrogen) atoms. The van der Waals surface area contributed by atoms with Gasteiger partial charge < -0.3 is 5.73 Å². The highest BCUT2D eigenvalue weighted by molar-refractivity contribution is 6.31. The molecule has 0 aliphatic heterocycles. The molecule has 0 radical (unpaired) electrons. The molecule has 0 amide bonds. The molecular weight excluding hydrogens is 270 g/mol. The Balaban J connectivity index is 2.26. The number of aromatic nitrogens is 2. The molecule has 2 N–H and O–H groups in total. The van der Waals surface area contributed by atoms with E-state index in [0.29, 0.717) is 11.8 Å². The van der Waals surface area contributed by atoms with Gasteiger partial charge in [0.2, 0.25) is 0 Å². The third-order valence-corrected chi connectivity index (χ3v) is 4.96. The molecule has 4 heteroatoms. The van der Waals surface area contributed by atoms with Crippen LogP contribution in [0.4, 0.5) is 0 Å². The van der Waals surface area contributed by atoms with Gasteiger partial charge in [-0.05, 0) is 44.4 Å². The fourth-order valence-electron chi connectivity index (χ4n) is 3.99. The van der Waals surface area contributed by atoms with Crippen molar-refractivity contribution in [1.29, 1.82) is 0 Å². The Kier molecular flexibility index (Phi) is 4.80. The van der Waals surface area contributed by atoms with Crippen LogP contribution in [0.15, 0.2) is 0 Å². The van der Waals surface area contributed by atoms with E-state index < -0.39 is 0 Å². The van der Waals surface area contributed by atoms with E-state index in [1.54, 1.807) is 0 Å². The van der Waals surface area contributed by atoms with Crippen molar-refractivity contribution in [3.63, 3.8) is 0 Å². The molecule has 1 heterocycles. The molecule has 0 bridgehead atoms.